The largest absolute Gasteiger partial charge is 0.482 e. The SMILES string of the molecule is C[C@H]1Oc2ccccc2O[C@@H]1C(=O)N(C)Cc1nc2ccsc2c(=O)[nH]1. The summed E-state index contributed by atoms with van der Waals surface area (Å²) in [4.78, 5) is 33.5. The number of likely N-dealkylation sites (N-methyl/N-ethyl adjacent to an activating group) is 1. The maximum atomic E-state index is 12.8. The molecule has 8 heteroatoms. The number of nitrogens with zero attached hydrogens (tertiary/aromatic N) is 2. The average molecular weight is 371 g/mol. The summed E-state index contributed by atoms with van der Waals surface area (Å²) in [5.41, 5.74) is 0.439. The maximum Gasteiger partial charge on any atom is 0.268 e. The number of aromatic nitrogens is 2. The highest BCUT2D eigenvalue weighted by molar-refractivity contribution is 7.17. The van der Waals surface area contributed by atoms with E-state index in [0.29, 0.717) is 27.5 Å². The lowest BCUT2D eigenvalue weighted by Crippen LogP contribution is -2.49. The number of nitrogens with one attached hydrogen (secondary N) is 1. The van der Waals surface area contributed by atoms with E-state index in [2.05, 4.69) is 9.97 Å². The first-order valence-electron chi connectivity index (χ1n) is 8.16. The molecule has 0 radical (unpaired) electrons. The predicted molar refractivity (Wildman–Crippen MR) is 97.7 cm³/mol. The first-order chi connectivity index (χ1) is 12.5. The number of carbonyl (C=O) groups excluding carboxylic acids is 1. The van der Waals surface area contributed by atoms with Crippen molar-refractivity contribution in [3.05, 3.63) is 51.9 Å². The molecule has 0 saturated carbocycles. The van der Waals surface area contributed by atoms with Gasteiger partial charge in [0.25, 0.3) is 11.5 Å². The van der Waals surface area contributed by atoms with Gasteiger partial charge in [-0.3, -0.25) is 9.59 Å². The quantitative estimate of drug-likeness (QED) is 0.763. The van der Waals surface area contributed by atoms with Gasteiger partial charge in [0.05, 0.1) is 12.1 Å². The molecule has 0 spiro atoms. The number of ether oxygens (including phenoxy) is 2. The zero-order valence-electron chi connectivity index (χ0n) is 14.3. The van der Waals surface area contributed by atoms with Crippen LogP contribution < -0.4 is 15.0 Å². The van der Waals surface area contributed by atoms with Gasteiger partial charge in [-0.15, -0.1) is 11.3 Å². The van der Waals surface area contributed by atoms with E-state index < -0.39 is 12.2 Å². The number of hydrogen-bond donors (Lipinski definition) is 1. The van der Waals surface area contributed by atoms with Crippen molar-refractivity contribution in [2.24, 2.45) is 0 Å². The summed E-state index contributed by atoms with van der Waals surface area (Å²) in [6, 6.07) is 9.05. The van der Waals surface area contributed by atoms with Gasteiger partial charge in [0.2, 0.25) is 6.10 Å². The number of H-pyrrole nitrogens is 1. The molecule has 3 heterocycles. The molecular formula is C18H17N3O4S. The summed E-state index contributed by atoms with van der Waals surface area (Å²) in [6.45, 7) is 1.97. The molecule has 2 atom stereocenters. The fraction of sp³-hybridized carbons (Fsp3) is 0.278. The van der Waals surface area contributed by atoms with Crippen LogP contribution in [0.2, 0.25) is 0 Å². The standard InChI is InChI=1S/C18H17N3O4S/c1-10-15(25-13-6-4-3-5-12(13)24-10)18(23)21(2)9-14-19-11-7-8-26-16(11)17(22)20-14/h3-8,10,15H,9H2,1-2H3,(H,19,20,22)/t10-,15+/m1/s1. The molecule has 0 bridgehead atoms. The van der Waals surface area contributed by atoms with Gasteiger partial charge in [0.1, 0.15) is 16.6 Å². The molecular weight excluding hydrogens is 354 g/mol. The normalized spacial score (nSPS) is 18.7. The van der Waals surface area contributed by atoms with Gasteiger partial charge in [0.15, 0.2) is 11.5 Å². The fourth-order valence-electron chi connectivity index (χ4n) is 2.91. The molecule has 4 rings (SSSR count). The minimum Gasteiger partial charge on any atom is -0.482 e. The molecule has 0 saturated heterocycles. The van der Waals surface area contributed by atoms with Crippen LogP contribution >= 0.6 is 11.3 Å². The first kappa shape index (κ1) is 16.6. The number of rotatable bonds is 3. The topological polar surface area (TPSA) is 84.5 Å². The summed E-state index contributed by atoms with van der Waals surface area (Å²) < 4.78 is 12.2. The Labute approximate surface area is 153 Å². The Morgan fingerprint density at radius 2 is 2.00 bits per heavy atom. The van der Waals surface area contributed by atoms with E-state index in [1.807, 2.05) is 17.5 Å². The maximum absolute atomic E-state index is 12.8. The van der Waals surface area contributed by atoms with Crippen molar-refractivity contribution in [2.45, 2.75) is 25.7 Å². The van der Waals surface area contributed by atoms with Gasteiger partial charge in [-0.1, -0.05) is 12.1 Å². The minimum absolute atomic E-state index is 0.175. The Hall–Kier alpha value is -2.87. The van der Waals surface area contributed by atoms with Crippen LogP contribution in [0.1, 0.15) is 12.7 Å². The van der Waals surface area contributed by atoms with E-state index >= 15 is 0 Å². The van der Waals surface area contributed by atoms with E-state index in [9.17, 15) is 9.59 Å². The summed E-state index contributed by atoms with van der Waals surface area (Å²) in [5.74, 6) is 1.37. The van der Waals surface area contributed by atoms with Crippen LogP contribution in [0, 0.1) is 0 Å². The molecule has 1 aromatic carbocycles. The molecule has 2 aromatic heterocycles. The van der Waals surface area contributed by atoms with Crippen LogP contribution in [-0.2, 0) is 11.3 Å². The lowest BCUT2D eigenvalue weighted by atomic mass is 10.1. The Bertz CT molecular complexity index is 1030. The van der Waals surface area contributed by atoms with Crippen molar-refractivity contribution in [2.75, 3.05) is 7.05 Å². The highest BCUT2D eigenvalue weighted by Gasteiger charge is 2.36. The molecule has 7 nitrogen and oxygen atoms in total. The first-order valence-corrected chi connectivity index (χ1v) is 9.04. The summed E-state index contributed by atoms with van der Waals surface area (Å²) >= 11 is 1.34. The predicted octanol–water partition coefficient (Wildman–Crippen LogP) is 2.17. The molecule has 1 N–H and O–H groups in total. The van der Waals surface area contributed by atoms with Crippen LogP contribution in [0.4, 0.5) is 0 Å². The van der Waals surface area contributed by atoms with Crippen LogP contribution in [0.25, 0.3) is 10.2 Å². The molecule has 0 aliphatic carbocycles. The van der Waals surface area contributed by atoms with Crippen LogP contribution in [0.5, 0.6) is 11.5 Å². The Kier molecular flexibility index (Phi) is 4.12. The second kappa shape index (κ2) is 6.45. The monoisotopic (exact) mass is 371 g/mol. The second-order valence-electron chi connectivity index (χ2n) is 6.15. The van der Waals surface area contributed by atoms with E-state index in [1.165, 1.54) is 16.2 Å². The Morgan fingerprint density at radius 3 is 2.77 bits per heavy atom. The lowest BCUT2D eigenvalue weighted by Gasteiger charge is -2.33. The molecule has 0 fully saturated rings. The van der Waals surface area contributed by atoms with Gasteiger partial charge < -0.3 is 19.4 Å². The van der Waals surface area contributed by atoms with E-state index in [-0.39, 0.29) is 18.0 Å². The van der Waals surface area contributed by atoms with E-state index in [1.54, 1.807) is 32.2 Å². The second-order valence-corrected chi connectivity index (χ2v) is 7.07. The number of aromatic amines is 1. The zero-order valence-corrected chi connectivity index (χ0v) is 15.1. The number of fused-ring (bicyclic) bond motifs is 2. The molecule has 26 heavy (non-hydrogen) atoms. The summed E-state index contributed by atoms with van der Waals surface area (Å²) in [6.07, 6.45) is -1.18. The third-order valence-electron chi connectivity index (χ3n) is 4.21. The van der Waals surface area contributed by atoms with E-state index in [0.717, 1.165) is 0 Å². The van der Waals surface area contributed by atoms with Crippen LogP contribution in [-0.4, -0.2) is 40.0 Å². The molecule has 3 aromatic rings. The van der Waals surface area contributed by atoms with Gasteiger partial charge >= 0.3 is 0 Å². The van der Waals surface area contributed by atoms with Crippen molar-refractivity contribution in [3.8, 4) is 11.5 Å². The van der Waals surface area contributed by atoms with E-state index in [4.69, 9.17) is 9.47 Å². The van der Waals surface area contributed by atoms with Crippen LogP contribution in [0.15, 0.2) is 40.5 Å². The molecule has 0 unspecified atom stereocenters. The highest BCUT2D eigenvalue weighted by Crippen LogP contribution is 2.33. The van der Waals surface area contributed by atoms with Crippen LogP contribution in [0.3, 0.4) is 0 Å². The van der Waals surface area contributed by atoms with Gasteiger partial charge in [0, 0.05) is 7.05 Å². The fourth-order valence-corrected chi connectivity index (χ4v) is 3.63. The van der Waals surface area contributed by atoms with Gasteiger partial charge in [-0.05, 0) is 30.5 Å². The van der Waals surface area contributed by atoms with Crippen molar-refractivity contribution in [3.63, 3.8) is 0 Å². The Morgan fingerprint density at radius 1 is 1.27 bits per heavy atom. The number of thiophene rings is 1. The minimum atomic E-state index is -0.758. The third kappa shape index (κ3) is 2.92. The molecule has 1 amide bonds. The number of amides is 1. The number of benzene rings is 1. The van der Waals surface area contributed by atoms with Gasteiger partial charge in [-0.2, -0.15) is 0 Å². The van der Waals surface area contributed by atoms with Gasteiger partial charge in [-0.25, -0.2) is 4.98 Å². The molecule has 1 aliphatic heterocycles. The summed E-state index contributed by atoms with van der Waals surface area (Å²) in [7, 11) is 1.65. The van der Waals surface area contributed by atoms with Crippen molar-refractivity contribution >= 4 is 27.5 Å². The van der Waals surface area contributed by atoms with Crippen molar-refractivity contribution in [1.82, 2.24) is 14.9 Å². The summed E-state index contributed by atoms with van der Waals surface area (Å²) in [5, 5.41) is 1.82. The molecule has 134 valence electrons. The van der Waals surface area contributed by atoms with Crippen molar-refractivity contribution in [1.29, 1.82) is 0 Å². The highest BCUT2D eigenvalue weighted by atomic mass is 32.1. The zero-order chi connectivity index (χ0) is 18.3. The van der Waals surface area contributed by atoms with Crippen molar-refractivity contribution < 1.29 is 14.3 Å². The smallest absolute Gasteiger partial charge is 0.268 e. The lowest BCUT2D eigenvalue weighted by molar-refractivity contribution is -0.143. The third-order valence-corrected chi connectivity index (χ3v) is 5.12. The number of para-hydroxylation sites is 2. The number of carbonyl (C=O) groups is 1. The molecule has 1 aliphatic rings. The average Bonchev–Trinajstić information content (AvgIpc) is 3.09. The number of hydrogen-bond acceptors (Lipinski definition) is 6. The Balaban J connectivity index is 1.53.